The van der Waals surface area contributed by atoms with Crippen molar-refractivity contribution in [3.05, 3.63) is 84.4 Å². The fraction of sp³-hybridized carbons (Fsp3) is 0.269. The van der Waals surface area contributed by atoms with Crippen molar-refractivity contribution in [1.29, 1.82) is 0 Å². The van der Waals surface area contributed by atoms with E-state index in [0.29, 0.717) is 18.7 Å². The number of piperazine rings is 1. The molecule has 3 aromatic rings. The van der Waals surface area contributed by atoms with Gasteiger partial charge in [-0.15, -0.1) is 0 Å². The molecular formula is C26H29N3O2. The Morgan fingerprint density at radius 2 is 1.61 bits per heavy atom. The van der Waals surface area contributed by atoms with Crippen molar-refractivity contribution in [2.45, 2.75) is 0 Å². The summed E-state index contributed by atoms with van der Waals surface area (Å²) in [7, 11) is 2.17. The van der Waals surface area contributed by atoms with Gasteiger partial charge in [-0.25, -0.2) is 0 Å². The number of ether oxygens (including phenoxy) is 1. The van der Waals surface area contributed by atoms with Crippen LogP contribution in [0.5, 0.6) is 5.75 Å². The Kier molecular flexibility index (Phi) is 6.85. The summed E-state index contributed by atoms with van der Waals surface area (Å²) in [4.78, 5) is 17.3. The Balaban J connectivity index is 1.33. The maximum absolute atomic E-state index is 12.5. The maximum atomic E-state index is 12.5. The van der Waals surface area contributed by atoms with E-state index in [-0.39, 0.29) is 5.91 Å². The lowest BCUT2D eigenvalue weighted by atomic mass is 10.0. The molecule has 1 aliphatic rings. The number of benzene rings is 3. The summed E-state index contributed by atoms with van der Waals surface area (Å²) in [6.45, 7) is 5.18. The van der Waals surface area contributed by atoms with Crippen LogP contribution in [0.15, 0.2) is 78.9 Å². The monoisotopic (exact) mass is 415 g/mol. The Morgan fingerprint density at radius 3 is 2.35 bits per heavy atom. The number of hydrogen-bond donors (Lipinski definition) is 1. The van der Waals surface area contributed by atoms with Crippen molar-refractivity contribution in [3.63, 3.8) is 0 Å². The Labute approximate surface area is 184 Å². The maximum Gasteiger partial charge on any atom is 0.251 e. The molecule has 0 atom stereocenters. The van der Waals surface area contributed by atoms with Crippen molar-refractivity contribution in [1.82, 2.24) is 10.2 Å². The minimum Gasteiger partial charge on any atom is -0.492 e. The Morgan fingerprint density at radius 1 is 0.871 bits per heavy atom. The lowest BCUT2D eigenvalue weighted by Gasteiger charge is -2.34. The standard InChI is InChI=1S/C26H29N3O2/c1-28-15-17-29(18-16-28)24-12-10-21(11-13-24)22-6-5-7-23(20-22)26(30)27-14-19-31-25-8-3-2-4-9-25/h2-13,20H,14-19H2,1H3,(H,27,30). The Bertz CT molecular complexity index is 981. The molecule has 0 aromatic heterocycles. The van der Waals surface area contributed by atoms with Crippen LogP contribution in [0, 0.1) is 0 Å². The zero-order valence-electron chi connectivity index (χ0n) is 18.0. The number of nitrogens with one attached hydrogen (secondary N) is 1. The molecule has 0 radical (unpaired) electrons. The zero-order valence-corrected chi connectivity index (χ0v) is 18.0. The molecule has 3 aromatic carbocycles. The molecule has 1 N–H and O–H groups in total. The lowest BCUT2D eigenvalue weighted by Crippen LogP contribution is -2.44. The fourth-order valence-corrected chi connectivity index (χ4v) is 3.72. The van der Waals surface area contributed by atoms with Gasteiger partial charge >= 0.3 is 0 Å². The first-order chi connectivity index (χ1) is 15.2. The topological polar surface area (TPSA) is 44.8 Å². The summed E-state index contributed by atoms with van der Waals surface area (Å²) < 4.78 is 5.63. The van der Waals surface area contributed by atoms with Crippen LogP contribution in [-0.4, -0.2) is 57.2 Å². The summed E-state index contributed by atoms with van der Waals surface area (Å²) >= 11 is 0. The highest BCUT2D eigenvalue weighted by Gasteiger charge is 2.14. The molecule has 1 saturated heterocycles. The van der Waals surface area contributed by atoms with Gasteiger partial charge in [0, 0.05) is 37.4 Å². The third kappa shape index (κ3) is 5.64. The summed E-state index contributed by atoms with van der Waals surface area (Å²) in [6, 6.07) is 26.0. The molecule has 0 spiro atoms. The molecule has 0 unspecified atom stereocenters. The first kappa shape index (κ1) is 20.9. The van der Waals surface area contributed by atoms with E-state index >= 15 is 0 Å². The molecule has 1 amide bonds. The number of carbonyl (C=O) groups is 1. The van der Waals surface area contributed by atoms with Crippen LogP contribution in [0.2, 0.25) is 0 Å². The van der Waals surface area contributed by atoms with Gasteiger partial charge in [0.15, 0.2) is 0 Å². The van der Waals surface area contributed by atoms with E-state index in [1.54, 1.807) is 0 Å². The largest absolute Gasteiger partial charge is 0.492 e. The minimum absolute atomic E-state index is 0.0902. The fourth-order valence-electron chi connectivity index (χ4n) is 3.72. The van der Waals surface area contributed by atoms with Gasteiger partial charge in [0.25, 0.3) is 5.91 Å². The number of hydrogen-bond acceptors (Lipinski definition) is 4. The molecule has 31 heavy (non-hydrogen) atoms. The summed E-state index contributed by atoms with van der Waals surface area (Å²) in [5.41, 5.74) is 4.06. The van der Waals surface area contributed by atoms with E-state index in [0.717, 1.165) is 43.1 Å². The minimum atomic E-state index is -0.0902. The van der Waals surface area contributed by atoms with Crippen LogP contribution in [-0.2, 0) is 0 Å². The van der Waals surface area contributed by atoms with Crippen LogP contribution >= 0.6 is 0 Å². The van der Waals surface area contributed by atoms with E-state index in [1.165, 1.54) is 5.69 Å². The lowest BCUT2D eigenvalue weighted by molar-refractivity contribution is 0.0947. The highest BCUT2D eigenvalue weighted by molar-refractivity contribution is 5.95. The summed E-state index contributed by atoms with van der Waals surface area (Å²) in [5.74, 6) is 0.714. The third-order valence-corrected chi connectivity index (χ3v) is 5.59. The molecule has 1 heterocycles. The second-order valence-corrected chi connectivity index (χ2v) is 7.84. The second kappa shape index (κ2) is 10.1. The van der Waals surface area contributed by atoms with E-state index in [4.69, 9.17) is 4.74 Å². The third-order valence-electron chi connectivity index (χ3n) is 5.59. The van der Waals surface area contributed by atoms with Gasteiger partial charge in [-0.2, -0.15) is 0 Å². The summed E-state index contributed by atoms with van der Waals surface area (Å²) in [6.07, 6.45) is 0. The van der Waals surface area contributed by atoms with Crippen LogP contribution in [0.3, 0.4) is 0 Å². The van der Waals surface area contributed by atoms with E-state index in [1.807, 2.05) is 54.6 Å². The Hall–Kier alpha value is -3.31. The number of likely N-dealkylation sites (N-methyl/N-ethyl adjacent to an activating group) is 1. The second-order valence-electron chi connectivity index (χ2n) is 7.84. The van der Waals surface area contributed by atoms with Crippen LogP contribution in [0.25, 0.3) is 11.1 Å². The van der Waals surface area contributed by atoms with Gasteiger partial charge in [0.2, 0.25) is 0 Å². The van der Waals surface area contributed by atoms with Crippen molar-refractivity contribution in [2.24, 2.45) is 0 Å². The molecule has 0 saturated carbocycles. The quantitative estimate of drug-likeness (QED) is 0.594. The zero-order chi connectivity index (χ0) is 21.5. The number of amides is 1. The van der Waals surface area contributed by atoms with Gasteiger partial charge in [-0.3, -0.25) is 4.79 Å². The van der Waals surface area contributed by atoms with Crippen LogP contribution in [0.1, 0.15) is 10.4 Å². The molecule has 0 aliphatic carbocycles. The molecule has 5 heteroatoms. The number of para-hydroxylation sites is 1. The molecule has 1 fully saturated rings. The van der Waals surface area contributed by atoms with Gasteiger partial charge in [0.05, 0.1) is 6.54 Å². The molecule has 5 nitrogen and oxygen atoms in total. The smallest absolute Gasteiger partial charge is 0.251 e. The molecule has 160 valence electrons. The van der Waals surface area contributed by atoms with Crippen molar-refractivity contribution in [2.75, 3.05) is 51.3 Å². The molecule has 0 bridgehead atoms. The molecule has 1 aliphatic heterocycles. The van der Waals surface area contributed by atoms with E-state index in [9.17, 15) is 4.79 Å². The highest BCUT2D eigenvalue weighted by Crippen LogP contribution is 2.24. The highest BCUT2D eigenvalue weighted by atomic mass is 16.5. The average molecular weight is 416 g/mol. The van der Waals surface area contributed by atoms with Crippen LogP contribution in [0.4, 0.5) is 5.69 Å². The van der Waals surface area contributed by atoms with E-state index < -0.39 is 0 Å². The van der Waals surface area contributed by atoms with Crippen molar-refractivity contribution in [3.8, 4) is 16.9 Å². The molecule has 4 rings (SSSR count). The van der Waals surface area contributed by atoms with E-state index in [2.05, 4.69) is 46.4 Å². The normalized spacial score (nSPS) is 14.3. The first-order valence-electron chi connectivity index (χ1n) is 10.8. The first-order valence-corrected chi connectivity index (χ1v) is 10.8. The van der Waals surface area contributed by atoms with Crippen molar-refractivity contribution >= 4 is 11.6 Å². The number of nitrogens with zero attached hydrogens (tertiary/aromatic N) is 2. The predicted octanol–water partition coefficient (Wildman–Crippen LogP) is 3.91. The van der Waals surface area contributed by atoms with Gasteiger partial charge < -0.3 is 19.9 Å². The number of carbonyl (C=O) groups excluding carboxylic acids is 1. The summed E-state index contributed by atoms with van der Waals surface area (Å²) in [5, 5.41) is 2.93. The van der Waals surface area contributed by atoms with Crippen molar-refractivity contribution < 1.29 is 9.53 Å². The number of rotatable bonds is 7. The average Bonchev–Trinajstić information content (AvgIpc) is 2.83. The number of anilines is 1. The van der Waals surface area contributed by atoms with Gasteiger partial charge in [0.1, 0.15) is 12.4 Å². The van der Waals surface area contributed by atoms with Gasteiger partial charge in [-0.1, -0.05) is 42.5 Å². The SMILES string of the molecule is CN1CCN(c2ccc(-c3cccc(C(=O)NCCOc4ccccc4)c3)cc2)CC1. The van der Waals surface area contributed by atoms with Crippen LogP contribution < -0.4 is 15.0 Å². The molecular weight excluding hydrogens is 386 g/mol. The van der Waals surface area contributed by atoms with Gasteiger partial charge in [-0.05, 0) is 54.6 Å². The predicted molar refractivity (Wildman–Crippen MR) is 126 cm³/mol.